The van der Waals surface area contributed by atoms with Crippen molar-refractivity contribution in [2.75, 3.05) is 0 Å². The van der Waals surface area contributed by atoms with Crippen molar-refractivity contribution >= 4 is 16.7 Å². The summed E-state index contributed by atoms with van der Waals surface area (Å²) in [5.41, 5.74) is 3.00. The highest BCUT2D eigenvalue weighted by Gasteiger charge is 2.43. The maximum absolute atomic E-state index is 14.6. The minimum atomic E-state index is -0.461. The molecule has 2 aromatic carbocycles. The van der Waals surface area contributed by atoms with E-state index >= 15 is 0 Å². The molecule has 120 valence electrons. The SMILES string of the molecule is Cc1nc2cccc(F)c2c(-c2ccccc2)c1C(=O)[C@@H]1O[C@H]1C. The molecule has 0 unspecified atom stereocenters. The van der Waals surface area contributed by atoms with E-state index in [-0.39, 0.29) is 17.7 Å². The van der Waals surface area contributed by atoms with Crippen LogP contribution in [-0.2, 0) is 4.74 Å². The van der Waals surface area contributed by atoms with Crippen LogP contribution in [0.15, 0.2) is 48.5 Å². The number of pyridine rings is 1. The number of aromatic nitrogens is 1. The highest BCUT2D eigenvalue weighted by Crippen LogP contribution is 2.37. The quantitative estimate of drug-likeness (QED) is 0.533. The summed E-state index contributed by atoms with van der Waals surface area (Å²) < 4.78 is 20.0. The third-order valence-corrected chi connectivity index (χ3v) is 4.42. The molecular weight excluding hydrogens is 305 g/mol. The molecule has 1 aliphatic rings. The molecule has 1 saturated heterocycles. The van der Waals surface area contributed by atoms with E-state index in [2.05, 4.69) is 4.98 Å². The predicted octanol–water partition coefficient (Wildman–Crippen LogP) is 4.32. The lowest BCUT2D eigenvalue weighted by Crippen LogP contribution is -2.14. The topological polar surface area (TPSA) is 42.5 Å². The largest absolute Gasteiger partial charge is 0.361 e. The van der Waals surface area contributed by atoms with Crippen molar-refractivity contribution < 1.29 is 13.9 Å². The summed E-state index contributed by atoms with van der Waals surface area (Å²) in [4.78, 5) is 17.4. The van der Waals surface area contributed by atoms with Crippen molar-refractivity contribution in [1.29, 1.82) is 0 Å². The van der Waals surface area contributed by atoms with Gasteiger partial charge in [0.15, 0.2) is 5.78 Å². The van der Waals surface area contributed by atoms with Crippen LogP contribution < -0.4 is 0 Å². The van der Waals surface area contributed by atoms with Gasteiger partial charge in [0.05, 0.1) is 17.2 Å². The standard InChI is InChI=1S/C20H16FNO2/c1-11-16(19(23)20-12(2)24-20)17(13-7-4-3-5-8-13)18-14(21)9-6-10-15(18)22-11/h3-10,12,20H,1-2H3/t12-,20+/m0/s1. The number of halogens is 1. The Balaban J connectivity index is 2.09. The number of ether oxygens (including phenoxy) is 1. The normalized spacial score (nSPS) is 19.5. The summed E-state index contributed by atoms with van der Waals surface area (Å²) in [5, 5.41) is 0.381. The molecule has 0 spiro atoms. The third-order valence-electron chi connectivity index (χ3n) is 4.42. The molecule has 1 fully saturated rings. The number of rotatable bonds is 3. The fourth-order valence-electron chi connectivity index (χ4n) is 3.19. The maximum Gasteiger partial charge on any atom is 0.196 e. The van der Waals surface area contributed by atoms with E-state index in [0.717, 1.165) is 5.56 Å². The Morgan fingerprint density at radius 1 is 1.12 bits per heavy atom. The summed E-state index contributed by atoms with van der Waals surface area (Å²) in [6.07, 6.45) is -0.561. The van der Waals surface area contributed by atoms with Gasteiger partial charge in [-0.2, -0.15) is 0 Å². The Bertz CT molecular complexity index is 953. The number of benzene rings is 2. The summed E-state index contributed by atoms with van der Waals surface area (Å²) >= 11 is 0. The Labute approximate surface area is 139 Å². The number of aryl methyl sites for hydroxylation is 1. The van der Waals surface area contributed by atoms with Crippen molar-refractivity contribution in [2.24, 2.45) is 0 Å². The van der Waals surface area contributed by atoms with Crippen LogP contribution in [0.3, 0.4) is 0 Å². The molecule has 0 saturated carbocycles. The van der Waals surface area contributed by atoms with Gasteiger partial charge in [0.2, 0.25) is 0 Å². The third kappa shape index (κ3) is 2.31. The van der Waals surface area contributed by atoms with Crippen molar-refractivity contribution in [2.45, 2.75) is 26.1 Å². The molecule has 2 heterocycles. The molecule has 24 heavy (non-hydrogen) atoms. The second-order valence-electron chi connectivity index (χ2n) is 6.07. The zero-order valence-electron chi connectivity index (χ0n) is 13.4. The van der Waals surface area contributed by atoms with E-state index in [1.165, 1.54) is 6.07 Å². The van der Waals surface area contributed by atoms with Gasteiger partial charge in [-0.1, -0.05) is 36.4 Å². The van der Waals surface area contributed by atoms with Crippen molar-refractivity contribution in [3.63, 3.8) is 0 Å². The molecule has 1 aromatic heterocycles. The minimum Gasteiger partial charge on any atom is -0.361 e. The lowest BCUT2D eigenvalue weighted by atomic mass is 9.90. The van der Waals surface area contributed by atoms with Gasteiger partial charge in [0.1, 0.15) is 11.9 Å². The number of epoxide rings is 1. The number of carbonyl (C=O) groups excluding carboxylic acids is 1. The molecule has 0 amide bonds. The Hall–Kier alpha value is -2.59. The smallest absolute Gasteiger partial charge is 0.196 e. The Morgan fingerprint density at radius 3 is 2.50 bits per heavy atom. The lowest BCUT2D eigenvalue weighted by Gasteiger charge is -2.15. The van der Waals surface area contributed by atoms with E-state index in [9.17, 15) is 9.18 Å². The zero-order chi connectivity index (χ0) is 16.8. The molecule has 4 rings (SSSR count). The van der Waals surface area contributed by atoms with Gasteiger partial charge in [-0.3, -0.25) is 9.78 Å². The van der Waals surface area contributed by atoms with Crippen molar-refractivity contribution in [3.05, 3.63) is 65.6 Å². The second kappa shape index (κ2) is 5.49. The first-order chi connectivity index (χ1) is 11.6. The first kappa shape index (κ1) is 15.0. The molecule has 3 aromatic rings. The molecule has 0 radical (unpaired) electrons. The van der Waals surface area contributed by atoms with Gasteiger partial charge in [-0.05, 0) is 31.5 Å². The fraction of sp³-hybridized carbons (Fsp3) is 0.200. The van der Waals surface area contributed by atoms with Gasteiger partial charge < -0.3 is 4.74 Å². The van der Waals surface area contributed by atoms with Crippen LogP contribution in [0.2, 0.25) is 0 Å². The van der Waals surface area contributed by atoms with Crippen molar-refractivity contribution in [3.8, 4) is 11.1 Å². The molecular formula is C20H16FNO2. The van der Waals surface area contributed by atoms with Gasteiger partial charge in [0.25, 0.3) is 0 Å². The van der Waals surface area contributed by atoms with E-state index in [1.807, 2.05) is 37.3 Å². The van der Waals surface area contributed by atoms with E-state index in [1.54, 1.807) is 19.1 Å². The number of fused-ring (bicyclic) bond motifs is 1. The van der Waals surface area contributed by atoms with Crippen LogP contribution >= 0.6 is 0 Å². The molecule has 0 N–H and O–H groups in total. The van der Waals surface area contributed by atoms with E-state index in [4.69, 9.17) is 4.74 Å². The summed E-state index contributed by atoms with van der Waals surface area (Å²) in [5.74, 6) is -0.505. The number of Topliss-reactive ketones (excluding diaryl/α,β-unsaturated/α-hetero) is 1. The van der Waals surface area contributed by atoms with Crippen LogP contribution in [0.1, 0.15) is 23.0 Å². The van der Waals surface area contributed by atoms with Gasteiger partial charge in [0, 0.05) is 16.6 Å². The predicted molar refractivity (Wildman–Crippen MR) is 90.5 cm³/mol. The highest BCUT2D eigenvalue weighted by atomic mass is 19.1. The highest BCUT2D eigenvalue weighted by molar-refractivity contribution is 6.13. The number of hydrogen-bond acceptors (Lipinski definition) is 3. The van der Waals surface area contributed by atoms with Crippen LogP contribution in [-0.4, -0.2) is 23.0 Å². The second-order valence-corrected chi connectivity index (χ2v) is 6.07. The van der Waals surface area contributed by atoms with Crippen LogP contribution in [0, 0.1) is 12.7 Å². The molecule has 4 heteroatoms. The van der Waals surface area contributed by atoms with Gasteiger partial charge >= 0.3 is 0 Å². The Morgan fingerprint density at radius 2 is 1.83 bits per heavy atom. The maximum atomic E-state index is 14.6. The molecule has 0 bridgehead atoms. The first-order valence-corrected chi connectivity index (χ1v) is 7.92. The summed E-state index contributed by atoms with van der Waals surface area (Å²) in [6, 6.07) is 14.2. The molecule has 0 aliphatic carbocycles. The average molecular weight is 321 g/mol. The van der Waals surface area contributed by atoms with Gasteiger partial charge in [-0.15, -0.1) is 0 Å². The molecule has 1 aliphatic heterocycles. The van der Waals surface area contributed by atoms with E-state index in [0.29, 0.717) is 27.7 Å². The van der Waals surface area contributed by atoms with Crippen molar-refractivity contribution in [1.82, 2.24) is 4.98 Å². The van der Waals surface area contributed by atoms with Gasteiger partial charge in [-0.25, -0.2) is 4.39 Å². The number of hydrogen-bond donors (Lipinski definition) is 0. The summed E-state index contributed by atoms with van der Waals surface area (Å²) in [6.45, 7) is 3.65. The molecule has 3 nitrogen and oxygen atoms in total. The Kier molecular flexibility index (Phi) is 3.43. The average Bonchev–Trinajstić information content (AvgIpc) is 3.31. The number of carbonyl (C=O) groups is 1. The molecule has 2 atom stereocenters. The summed E-state index contributed by atoms with van der Waals surface area (Å²) in [7, 11) is 0. The number of ketones is 1. The fourth-order valence-corrected chi connectivity index (χ4v) is 3.19. The minimum absolute atomic E-state index is 0.100. The van der Waals surface area contributed by atoms with Crippen LogP contribution in [0.5, 0.6) is 0 Å². The van der Waals surface area contributed by atoms with Crippen LogP contribution in [0.25, 0.3) is 22.0 Å². The monoisotopic (exact) mass is 321 g/mol. The number of nitrogens with zero attached hydrogens (tertiary/aromatic N) is 1. The van der Waals surface area contributed by atoms with E-state index < -0.39 is 6.10 Å². The first-order valence-electron chi connectivity index (χ1n) is 7.92. The lowest BCUT2D eigenvalue weighted by molar-refractivity contribution is 0.0953. The zero-order valence-corrected chi connectivity index (χ0v) is 13.4. The van der Waals surface area contributed by atoms with Crippen LogP contribution in [0.4, 0.5) is 4.39 Å².